The minimum atomic E-state index is 0.817. The van der Waals surface area contributed by atoms with Crippen LogP contribution in [-0.4, -0.2) is 9.97 Å². The standard InChI is InChI=1S/C20H16N2/c1-2-7-17(8-3-1)19-14-21-20(22-19)13-15-10-11-16-6-4-5-9-18(16)12-15/h1-12,14H,13H2,(H,21,22). The van der Waals surface area contributed by atoms with E-state index in [1.165, 1.54) is 16.3 Å². The summed E-state index contributed by atoms with van der Waals surface area (Å²) in [5, 5.41) is 2.55. The molecule has 4 rings (SSSR count). The van der Waals surface area contributed by atoms with E-state index in [0.29, 0.717) is 0 Å². The van der Waals surface area contributed by atoms with Gasteiger partial charge in [0.1, 0.15) is 5.82 Å². The number of imidazole rings is 1. The van der Waals surface area contributed by atoms with E-state index in [1.54, 1.807) is 0 Å². The first-order valence-corrected chi connectivity index (χ1v) is 7.46. The molecule has 0 aliphatic rings. The van der Waals surface area contributed by atoms with Gasteiger partial charge in [0.05, 0.1) is 5.69 Å². The highest BCUT2D eigenvalue weighted by atomic mass is 14.9. The van der Waals surface area contributed by atoms with Crippen molar-refractivity contribution in [3.8, 4) is 11.3 Å². The molecule has 0 saturated carbocycles. The fraction of sp³-hybridized carbons (Fsp3) is 0.0500. The summed E-state index contributed by atoms with van der Waals surface area (Å²) in [6.07, 6.45) is 2.80. The Hall–Kier alpha value is -2.87. The normalized spacial score (nSPS) is 10.9. The second-order valence-corrected chi connectivity index (χ2v) is 5.46. The molecular weight excluding hydrogens is 268 g/mol. The van der Waals surface area contributed by atoms with Crippen LogP contribution < -0.4 is 0 Å². The zero-order valence-electron chi connectivity index (χ0n) is 12.2. The van der Waals surface area contributed by atoms with E-state index in [4.69, 9.17) is 4.98 Å². The van der Waals surface area contributed by atoms with Crippen molar-refractivity contribution in [2.45, 2.75) is 6.42 Å². The summed E-state index contributed by atoms with van der Waals surface area (Å²) in [4.78, 5) is 7.99. The lowest BCUT2D eigenvalue weighted by Gasteiger charge is -2.02. The Morgan fingerprint density at radius 3 is 2.41 bits per heavy atom. The molecule has 2 heteroatoms. The molecule has 0 radical (unpaired) electrons. The number of nitrogens with one attached hydrogen (secondary N) is 1. The third-order valence-corrected chi connectivity index (χ3v) is 3.89. The second kappa shape index (κ2) is 5.49. The topological polar surface area (TPSA) is 28.7 Å². The Bertz CT molecular complexity index is 907. The van der Waals surface area contributed by atoms with Gasteiger partial charge in [-0.25, -0.2) is 4.98 Å². The first-order valence-electron chi connectivity index (χ1n) is 7.46. The number of hydrogen-bond acceptors (Lipinski definition) is 1. The van der Waals surface area contributed by atoms with Gasteiger partial charge in [0.25, 0.3) is 0 Å². The summed E-state index contributed by atoms with van der Waals surface area (Å²) < 4.78 is 0. The van der Waals surface area contributed by atoms with Gasteiger partial charge in [-0.3, -0.25) is 0 Å². The zero-order valence-corrected chi connectivity index (χ0v) is 12.2. The van der Waals surface area contributed by atoms with Crippen LogP contribution in [0.4, 0.5) is 0 Å². The first kappa shape index (κ1) is 12.8. The molecule has 0 bridgehead atoms. The first-order chi connectivity index (χ1) is 10.9. The molecule has 0 atom stereocenters. The molecule has 0 amide bonds. The molecule has 106 valence electrons. The van der Waals surface area contributed by atoms with Crippen LogP contribution in [0.15, 0.2) is 79.0 Å². The van der Waals surface area contributed by atoms with Crippen molar-refractivity contribution in [1.82, 2.24) is 9.97 Å². The van der Waals surface area contributed by atoms with Crippen LogP contribution in [0.2, 0.25) is 0 Å². The molecule has 2 nitrogen and oxygen atoms in total. The summed E-state index contributed by atoms with van der Waals surface area (Å²) in [6, 6.07) is 25.3. The maximum absolute atomic E-state index is 4.70. The number of aromatic amines is 1. The van der Waals surface area contributed by atoms with Gasteiger partial charge < -0.3 is 4.98 Å². The average molecular weight is 284 g/mol. The van der Waals surface area contributed by atoms with Gasteiger partial charge in [-0.2, -0.15) is 0 Å². The highest BCUT2D eigenvalue weighted by Crippen LogP contribution is 2.20. The van der Waals surface area contributed by atoms with Crippen LogP contribution in [0.25, 0.3) is 22.0 Å². The van der Waals surface area contributed by atoms with Gasteiger partial charge >= 0.3 is 0 Å². The zero-order chi connectivity index (χ0) is 14.8. The minimum absolute atomic E-state index is 0.817. The number of hydrogen-bond donors (Lipinski definition) is 1. The third kappa shape index (κ3) is 2.51. The monoisotopic (exact) mass is 284 g/mol. The summed E-state index contributed by atoms with van der Waals surface area (Å²) >= 11 is 0. The molecule has 1 N–H and O–H groups in total. The quantitative estimate of drug-likeness (QED) is 0.574. The van der Waals surface area contributed by atoms with Gasteiger partial charge in [-0.1, -0.05) is 72.8 Å². The van der Waals surface area contributed by atoms with Crippen molar-refractivity contribution in [3.63, 3.8) is 0 Å². The third-order valence-electron chi connectivity index (χ3n) is 3.89. The van der Waals surface area contributed by atoms with Crippen LogP contribution in [0, 0.1) is 0 Å². The highest BCUT2D eigenvalue weighted by Gasteiger charge is 2.05. The number of fused-ring (bicyclic) bond motifs is 1. The summed E-state index contributed by atoms with van der Waals surface area (Å²) in [5.41, 5.74) is 3.41. The maximum Gasteiger partial charge on any atom is 0.111 e. The van der Waals surface area contributed by atoms with Crippen LogP contribution in [0.5, 0.6) is 0 Å². The molecule has 0 fully saturated rings. The minimum Gasteiger partial charge on any atom is -0.348 e. The Labute approximate surface area is 129 Å². The number of H-pyrrole nitrogens is 1. The van der Waals surface area contributed by atoms with Crippen molar-refractivity contribution in [1.29, 1.82) is 0 Å². The van der Waals surface area contributed by atoms with E-state index in [0.717, 1.165) is 23.5 Å². The molecule has 3 aromatic carbocycles. The Kier molecular flexibility index (Phi) is 3.20. The lowest BCUT2D eigenvalue weighted by Crippen LogP contribution is -1.91. The molecule has 0 spiro atoms. The van der Waals surface area contributed by atoms with Crippen molar-refractivity contribution < 1.29 is 0 Å². The van der Waals surface area contributed by atoms with Crippen molar-refractivity contribution in [2.24, 2.45) is 0 Å². The smallest absolute Gasteiger partial charge is 0.111 e. The maximum atomic E-state index is 4.70. The molecule has 22 heavy (non-hydrogen) atoms. The molecule has 4 aromatic rings. The van der Waals surface area contributed by atoms with Crippen LogP contribution in [-0.2, 0) is 6.42 Å². The predicted octanol–water partition coefficient (Wildman–Crippen LogP) is 4.82. The van der Waals surface area contributed by atoms with Gasteiger partial charge in [-0.05, 0) is 16.3 Å². The van der Waals surface area contributed by atoms with E-state index >= 15 is 0 Å². The lowest BCUT2D eigenvalue weighted by molar-refractivity contribution is 1.03. The predicted molar refractivity (Wildman–Crippen MR) is 90.8 cm³/mol. The summed E-state index contributed by atoms with van der Waals surface area (Å²) in [7, 11) is 0. The van der Waals surface area contributed by atoms with E-state index in [1.807, 2.05) is 24.4 Å². The van der Waals surface area contributed by atoms with E-state index in [9.17, 15) is 0 Å². The van der Waals surface area contributed by atoms with E-state index in [-0.39, 0.29) is 0 Å². The molecule has 0 saturated heterocycles. The molecule has 1 heterocycles. The molecule has 0 unspecified atom stereocenters. The van der Waals surface area contributed by atoms with Gasteiger partial charge in [0.2, 0.25) is 0 Å². The number of nitrogens with zero attached hydrogens (tertiary/aromatic N) is 1. The van der Waals surface area contributed by atoms with Gasteiger partial charge in [-0.15, -0.1) is 0 Å². The van der Waals surface area contributed by atoms with Crippen molar-refractivity contribution in [3.05, 3.63) is 90.4 Å². The molecule has 0 aliphatic heterocycles. The Morgan fingerprint density at radius 1 is 0.773 bits per heavy atom. The largest absolute Gasteiger partial charge is 0.348 e. The number of aromatic nitrogens is 2. The molecular formula is C20H16N2. The summed E-state index contributed by atoms with van der Waals surface area (Å²) in [6.45, 7) is 0. The number of benzene rings is 3. The summed E-state index contributed by atoms with van der Waals surface area (Å²) in [5.74, 6) is 0.995. The van der Waals surface area contributed by atoms with Gasteiger partial charge in [0.15, 0.2) is 0 Å². The Morgan fingerprint density at radius 2 is 1.55 bits per heavy atom. The average Bonchev–Trinajstić information content (AvgIpc) is 3.04. The van der Waals surface area contributed by atoms with Crippen molar-refractivity contribution >= 4 is 10.8 Å². The fourth-order valence-electron chi connectivity index (χ4n) is 2.75. The second-order valence-electron chi connectivity index (χ2n) is 5.46. The Balaban J connectivity index is 1.61. The SMILES string of the molecule is c1ccc(-c2c[nH]c(Cc3ccc4ccccc4c3)n2)cc1. The van der Waals surface area contributed by atoms with E-state index < -0.39 is 0 Å². The lowest BCUT2D eigenvalue weighted by atomic mass is 10.1. The van der Waals surface area contributed by atoms with Gasteiger partial charge in [0, 0.05) is 18.2 Å². The fourth-order valence-corrected chi connectivity index (χ4v) is 2.75. The van der Waals surface area contributed by atoms with Crippen LogP contribution >= 0.6 is 0 Å². The molecule has 0 aliphatic carbocycles. The van der Waals surface area contributed by atoms with Crippen LogP contribution in [0.3, 0.4) is 0 Å². The highest BCUT2D eigenvalue weighted by molar-refractivity contribution is 5.83. The van der Waals surface area contributed by atoms with E-state index in [2.05, 4.69) is 59.6 Å². The number of rotatable bonds is 3. The van der Waals surface area contributed by atoms with Crippen molar-refractivity contribution in [2.75, 3.05) is 0 Å². The van der Waals surface area contributed by atoms with Crippen LogP contribution in [0.1, 0.15) is 11.4 Å². The molecule has 1 aromatic heterocycles.